The maximum Gasteiger partial charge on any atom is 0.339 e. The highest BCUT2D eigenvalue weighted by Gasteiger charge is 2.16. The average Bonchev–Trinajstić information content (AvgIpc) is 2.38. The van der Waals surface area contributed by atoms with E-state index < -0.39 is 0 Å². The van der Waals surface area contributed by atoms with E-state index in [0.29, 0.717) is 37.0 Å². The van der Waals surface area contributed by atoms with Crippen LogP contribution in [0.3, 0.4) is 0 Å². The molecule has 1 aromatic heterocycles. The van der Waals surface area contributed by atoms with E-state index in [0.717, 1.165) is 12.8 Å². The third-order valence-electron chi connectivity index (χ3n) is 2.36. The van der Waals surface area contributed by atoms with Gasteiger partial charge in [0, 0.05) is 12.3 Å². The van der Waals surface area contributed by atoms with Crippen LogP contribution in [0, 0.1) is 0 Å². The van der Waals surface area contributed by atoms with Crippen molar-refractivity contribution in [2.24, 2.45) is 0 Å². The third-order valence-corrected chi connectivity index (χ3v) is 2.36. The van der Waals surface area contributed by atoms with E-state index in [1.165, 1.54) is 6.20 Å². The molecule has 2 heterocycles. The molecule has 17 heavy (non-hydrogen) atoms. The first kappa shape index (κ1) is 11.7. The van der Waals surface area contributed by atoms with Crippen LogP contribution in [-0.4, -0.2) is 30.8 Å². The lowest BCUT2D eigenvalue weighted by atomic mass is 10.2. The molecule has 0 unspecified atom stereocenters. The maximum absolute atomic E-state index is 11.6. The summed E-state index contributed by atoms with van der Waals surface area (Å²) in [6.45, 7) is 3.44. The predicted molar refractivity (Wildman–Crippen MR) is 60.4 cm³/mol. The molecule has 5 heteroatoms. The molecular formula is C12H15NO4. The first-order valence-corrected chi connectivity index (χ1v) is 5.74. The summed E-state index contributed by atoms with van der Waals surface area (Å²) >= 11 is 0. The molecule has 0 atom stereocenters. The zero-order valence-corrected chi connectivity index (χ0v) is 9.77. The average molecular weight is 237 g/mol. The molecule has 0 fully saturated rings. The van der Waals surface area contributed by atoms with E-state index >= 15 is 0 Å². The highest BCUT2D eigenvalue weighted by atomic mass is 16.6. The van der Waals surface area contributed by atoms with Gasteiger partial charge in [-0.1, -0.05) is 13.3 Å². The minimum absolute atomic E-state index is 0.372. The van der Waals surface area contributed by atoms with Crippen LogP contribution in [0.1, 0.15) is 30.1 Å². The highest BCUT2D eigenvalue weighted by Crippen LogP contribution is 2.28. The molecule has 2 rings (SSSR count). The van der Waals surface area contributed by atoms with Gasteiger partial charge in [0.25, 0.3) is 5.88 Å². The lowest BCUT2D eigenvalue weighted by Gasteiger charge is -2.17. The summed E-state index contributed by atoms with van der Waals surface area (Å²) in [6.07, 6.45) is 3.30. The number of rotatable bonds is 4. The van der Waals surface area contributed by atoms with Crippen molar-refractivity contribution in [3.8, 4) is 11.6 Å². The van der Waals surface area contributed by atoms with E-state index in [2.05, 4.69) is 4.98 Å². The van der Waals surface area contributed by atoms with Crippen molar-refractivity contribution in [1.29, 1.82) is 0 Å². The Morgan fingerprint density at radius 2 is 2.29 bits per heavy atom. The molecule has 0 aromatic carbocycles. The van der Waals surface area contributed by atoms with Crippen LogP contribution in [0.15, 0.2) is 12.3 Å². The van der Waals surface area contributed by atoms with Crippen LogP contribution in [0.2, 0.25) is 0 Å². The molecule has 0 bridgehead atoms. The second-order valence-corrected chi connectivity index (χ2v) is 3.71. The summed E-state index contributed by atoms with van der Waals surface area (Å²) in [7, 11) is 0. The molecule has 5 nitrogen and oxygen atoms in total. The number of nitrogens with zero attached hydrogens (tertiary/aromatic N) is 1. The summed E-state index contributed by atoms with van der Waals surface area (Å²) in [4.78, 5) is 15.7. The Kier molecular flexibility index (Phi) is 3.80. The molecule has 0 aliphatic carbocycles. The van der Waals surface area contributed by atoms with Gasteiger partial charge in [0.05, 0.1) is 12.2 Å². The Balaban J connectivity index is 2.03. The number of hydrogen-bond acceptors (Lipinski definition) is 5. The number of unbranched alkanes of at least 4 members (excludes halogenated alkanes) is 1. The maximum atomic E-state index is 11.6. The highest BCUT2D eigenvalue weighted by molar-refractivity contribution is 5.89. The SMILES string of the molecule is CCCCOC(=O)c1cnc2c(c1)OCCO2. The minimum Gasteiger partial charge on any atom is -0.484 e. The van der Waals surface area contributed by atoms with Gasteiger partial charge in [-0.2, -0.15) is 0 Å². The molecule has 0 spiro atoms. The second-order valence-electron chi connectivity index (χ2n) is 3.71. The van der Waals surface area contributed by atoms with E-state index in [9.17, 15) is 4.79 Å². The number of ether oxygens (including phenoxy) is 3. The van der Waals surface area contributed by atoms with Crippen LogP contribution in [0.25, 0.3) is 0 Å². The van der Waals surface area contributed by atoms with Gasteiger partial charge in [-0.05, 0) is 6.42 Å². The van der Waals surface area contributed by atoms with Crippen molar-refractivity contribution in [2.75, 3.05) is 19.8 Å². The fraction of sp³-hybridized carbons (Fsp3) is 0.500. The number of pyridine rings is 1. The second kappa shape index (κ2) is 5.52. The smallest absolute Gasteiger partial charge is 0.339 e. The van der Waals surface area contributed by atoms with Crippen LogP contribution in [0.4, 0.5) is 0 Å². The van der Waals surface area contributed by atoms with Gasteiger partial charge >= 0.3 is 5.97 Å². The molecule has 1 aromatic rings. The van der Waals surface area contributed by atoms with Gasteiger partial charge < -0.3 is 14.2 Å². The Bertz CT molecular complexity index is 405. The molecule has 92 valence electrons. The molecule has 0 amide bonds. The fourth-order valence-corrected chi connectivity index (χ4v) is 1.44. The van der Waals surface area contributed by atoms with Crippen molar-refractivity contribution >= 4 is 5.97 Å². The van der Waals surface area contributed by atoms with Crippen LogP contribution in [-0.2, 0) is 4.74 Å². The Hall–Kier alpha value is -1.78. The van der Waals surface area contributed by atoms with Crippen molar-refractivity contribution in [1.82, 2.24) is 4.98 Å². The normalized spacial score (nSPS) is 13.2. The van der Waals surface area contributed by atoms with Crippen molar-refractivity contribution in [3.05, 3.63) is 17.8 Å². The summed E-state index contributed by atoms with van der Waals surface area (Å²) in [5.74, 6) is 0.561. The van der Waals surface area contributed by atoms with Gasteiger partial charge in [-0.25, -0.2) is 9.78 Å². The summed E-state index contributed by atoms with van der Waals surface area (Å²) in [6, 6.07) is 1.61. The number of carbonyl (C=O) groups is 1. The lowest BCUT2D eigenvalue weighted by Crippen LogP contribution is -2.17. The Morgan fingerprint density at radius 3 is 3.12 bits per heavy atom. The number of esters is 1. The molecule has 0 radical (unpaired) electrons. The standard InChI is InChI=1S/C12H15NO4/c1-2-3-4-17-12(14)9-7-10-11(13-8-9)16-6-5-15-10/h7-8H,2-6H2,1H3. The number of aromatic nitrogens is 1. The van der Waals surface area contributed by atoms with Gasteiger partial charge in [0.2, 0.25) is 0 Å². The van der Waals surface area contributed by atoms with Crippen molar-refractivity contribution in [3.63, 3.8) is 0 Å². The van der Waals surface area contributed by atoms with Crippen molar-refractivity contribution in [2.45, 2.75) is 19.8 Å². The monoisotopic (exact) mass is 237 g/mol. The zero-order valence-electron chi connectivity index (χ0n) is 9.77. The van der Waals surface area contributed by atoms with Gasteiger partial charge in [0.15, 0.2) is 5.75 Å². The van der Waals surface area contributed by atoms with Crippen LogP contribution in [0.5, 0.6) is 11.6 Å². The number of hydrogen-bond donors (Lipinski definition) is 0. The molecular weight excluding hydrogens is 222 g/mol. The Labute approximate surface area is 99.7 Å². The van der Waals surface area contributed by atoms with E-state index in [4.69, 9.17) is 14.2 Å². The molecule has 0 saturated heterocycles. The lowest BCUT2D eigenvalue weighted by molar-refractivity contribution is 0.0498. The Morgan fingerprint density at radius 1 is 1.47 bits per heavy atom. The van der Waals surface area contributed by atoms with Gasteiger partial charge in [-0.3, -0.25) is 0 Å². The molecule has 0 N–H and O–H groups in total. The first-order valence-electron chi connectivity index (χ1n) is 5.74. The third kappa shape index (κ3) is 2.87. The summed E-state index contributed by atoms with van der Waals surface area (Å²) in [5, 5.41) is 0. The first-order chi connectivity index (χ1) is 8.31. The van der Waals surface area contributed by atoms with Crippen LogP contribution < -0.4 is 9.47 Å². The van der Waals surface area contributed by atoms with Gasteiger partial charge in [0.1, 0.15) is 13.2 Å². The fourth-order valence-electron chi connectivity index (χ4n) is 1.44. The summed E-state index contributed by atoms with van der Waals surface area (Å²) in [5.41, 5.74) is 0.394. The number of fused-ring (bicyclic) bond motifs is 1. The van der Waals surface area contributed by atoms with E-state index in [1.807, 2.05) is 6.92 Å². The molecule has 1 aliphatic heterocycles. The minimum atomic E-state index is -0.372. The van der Waals surface area contributed by atoms with E-state index in [1.54, 1.807) is 6.07 Å². The van der Waals surface area contributed by atoms with E-state index in [-0.39, 0.29) is 5.97 Å². The summed E-state index contributed by atoms with van der Waals surface area (Å²) < 4.78 is 15.7. The quantitative estimate of drug-likeness (QED) is 0.590. The topological polar surface area (TPSA) is 57.7 Å². The largest absolute Gasteiger partial charge is 0.484 e. The van der Waals surface area contributed by atoms with Gasteiger partial charge in [-0.15, -0.1) is 0 Å². The number of carbonyl (C=O) groups excluding carboxylic acids is 1. The predicted octanol–water partition coefficient (Wildman–Crippen LogP) is 1.81. The van der Waals surface area contributed by atoms with Crippen molar-refractivity contribution < 1.29 is 19.0 Å². The molecule has 0 saturated carbocycles. The molecule has 1 aliphatic rings. The zero-order chi connectivity index (χ0) is 12.1. The van der Waals surface area contributed by atoms with Crippen LogP contribution >= 0.6 is 0 Å².